The molecule has 170 valence electrons. The molecule has 0 spiro atoms. The van der Waals surface area contributed by atoms with Crippen molar-refractivity contribution in [2.75, 3.05) is 0 Å². The van der Waals surface area contributed by atoms with Crippen molar-refractivity contribution in [1.29, 1.82) is 0 Å². The summed E-state index contributed by atoms with van der Waals surface area (Å²) in [7, 11) is 0. The molecule has 0 bridgehead atoms. The number of hydrogen-bond acceptors (Lipinski definition) is 5. The number of nitrogens with zero attached hydrogens (tertiary/aromatic N) is 2. The lowest BCUT2D eigenvalue weighted by molar-refractivity contribution is -0.120. The zero-order chi connectivity index (χ0) is 22.7. The molecule has 2 aromatic heterocycles. The van der Waals surface area contributed by atoms with E-state index in [9.17, 15) is 9.59 Å². The summed E-state index contributed by atoms with van der Waals surface area (Å²) in [5.41, 5.74) is 2.54. The molecule has 0 fully saturated rings. The first kappa shape index (κ1) is 23.1. The van der Waals surface area contributed by atoms with E-state index < -0.39 is 0 Å². The number of carbonyl (C=O) groups is 1. The molecule has 1 aromatic carbocycles. The lowest BCUT2D eigenvalue weighted by atomic mass is 9.97. The topological polar surface area (TPSA) is 64.0 Å². The molecule has 2 heterocycles. The first-order chi connectivity index (χ1) is 15.5. The Balaban J connectivity index is 1.46. The molecule has 1 aliphatic carbocycles. The molecular weight excluding hydrogens is 438 g/mol. The maximum atomic E-state index is 13.3. The smallest absolute Gasteiger partial charge is 0.263 e. The first-order valence-electron chi connectivity index (χ1n) is 11.5. The number of benzene rings is 1. The van der Waals surface area contributed by atoms with Crippen molar-refractivity contribution in [2.45, 2.75) is 82.3 Å². The van der Waals surface area contributed by atoms with Crippen LogP contribution in [0.4, 0.5) is 0 Å². The van der Waals surface area contributed by atoms with E-state index >= 15 is 0 Å². The lowest BCUT2D eigenvalue weighted by Crippen LogP contribution is -2.38. The highest BCUT2D eigenvalue weighted by Gasteiger charge is 2.24. The minimum absolute atomic E-state index is 0.0157. The Morgan fingerprint density at radius 3 is 2.72 bits per heavy atom. The highest BCUT2D eigenvalue weighted by Crippen LogP contribution is 2.35. The number of fused-ring (bicyclic) bond motifs is 3. The van der Waals surface area contributed by atoms with E-state index in [-0.39, 0.29) is 22.8 Å². The fraction of sp³-hybridized carbons (Fsp3) is 0.480. The van der Waals surface area contributed by atoms with Crippen LogP contribution in [0.25, 0.3) is 10.2 Å². The number of rotatable bonds is 8. The van der Waals surface area contributed by atoms with E-state index in [1.165, 1.54) is 34.2 Å². The van der Waals surface area contributed by atoms with Gasteiger partial charge >= 0.3 is 0 Å². The number of aromatic nitrogens is 2. The average Bonchev–Trinajstić information content (AvgIpc) is 3.17. The van der Waals surface area contributed by atoms with Crippen molar-refractivity contribution in [3.63, 3.8) is 0 Å². The van der Waals surface area contributed by atoms with Gasteiger partial charge in [-0.2, -0.15) is 0 Å². The van der Waals surface area contributed by atoms with E-state index in [1.54, 1.807) is 15.9 Å². The number of amides is 1. The maximum absolute atomic E-state index is 13.3. The minimum atomic E-state index is -0.328. The van der Waals surface area contributed by atoms with Gasteiger partial charge in [0.25, 0.3) is 5.56 Å². The first-order valence-corrected chi connectivity index (χ1v) is 13.2. The Labute approximate surface area is 197 Å². The molecule has 0 saturated carbocycles. The Hall–Kier alpha value is -2.12. The monoisotopic (exact) mass is 469 g/mol. The molecule has 1 aliphatic rings. The highest BCUT2D eigenvalue weighted by atomic mass is 32.2. The zero-order valence-corrected chi connectivity index (χ0v) is 20.7. The van der Waals surface area contributed by atoms with Crippen molar-refractivity contribution < 1.29 is 4.79 Å². The predicted octanol–water partition coefficient (Wildman–Crippen LogP) is 4.97. The zero-order valence-electron chi connectivity index (χ0n) is 19.0. The number of nitrogens with one attached hydrogen (secondary N) is 1. The molecule has 1 N–H and O–H groups in total. The average molecular weight is 470 g/mol. The van der Waals surface area contributed by atoms with Gasteiger partial charge in [-0.15, -0.1) is 11.3 Å². The van der Waals surface area contributed by atoms with Crippen molar-refractivity contribution in [3.05, 3.63) is 56.7 Å². The van der Waals surface area contributed by atoms with Gasteiger partial charge in [0.1, 0.15) is 4.83 Å². The second-order valence-electron chi connectivity index (χ2n) is 8.53. The Kier molecular flexibility index (Phi) is 7.36. The summed E-state index contributed by atoms with van der Waals surface area (Å²) in [6, 6.07) is 10.4. The van der Waals surface area contributed by atoms with E-state index in [4.69, 9.17) is 4.98 Å². The molecule has 3 aromatic rings. The van der Waals surface area contributed by atoms with E-state index in [0.717, 1.165) is 42.3 Å². The van der Waals surface area contributed by atoms with Crippen LogP contribution in [0.15, 0.2) is 40.3 Å². The van der Waals surface area contributed by atoms with Crippen LogP contribution in [0, 0.1) is 0 Å². The number of aryl methyl sites for hydroxylation is 3. The van der Waals surface area contributed by atoms with Crippen LogP contribution in [0.1, 0.15) is 56.0 Å². The second-order valence-corrected chi connectivity index (χ2v) is 10.9. The summed E-state index contributed by atoms with van der Waals surface area (Å²) in [4.78, 5) is 33.1. The Morgan fingerprint density at radius 2 is 1.97 bits per heavy atom. The molecule has 0 radical (unpaired) electrons. The van der Waals surface area contributed by atoms with Crippen LogP contribution in [-0.2, 0) is 30.6 Å². The SMILES string of the molecule is CCn1c(S[C@@H](C)C(=O)N[C@@H](C)CCc2ccccc2)nc2sc3c(c2c1=O)CCCC3. The Bertz CT molecular complexity index is 1150. The van der Waals surface area contributed by atoms with Crippen molar-refractivity contribution >= 4 is 39.2 Å². The van der Waals surface area contributed by atoms with Gasteiger partial charge in [-0.25, -0.2) is 4.98 Å². The van der Waals surface area contributed by atoms with Crippen LogP contribution < -0.4 is 10.9 Å². The quantitative estimate of drug-likeness (QED) is 0.373. The fourth-order valence-corrected chi connectivity index (χ4v) is 6.54. The third-order valence-electron chi connectivity index (χ3n) is 6.10. The third kappa shape index (κ3) is 4.94. The van der Waals surface area contributed by atoms with E-state index in [0.29, 0.717) is 11.7 Å². The van der Waals surface area contributed by atoms with Gasteiger partial charge in [0.05, 0.1) is 10.6 Å². The molecule has 32 heavy (non-hydrogen) atoms. The number of thiophene rings is 1. The van der Waals surface area contributed by atoms with Gasteiger partial charge in [0.15, 0.2) is 5.16 Å². The molecule has 0 aliphatic heterocycles. The maximum Gasteiger partial charge on any atom is 0.263 e. The summed E-state index contributed by atoms with van der Waals surface area (Å²) >= 11 is 3.04. The Morgan fingerprint density at radius 1 is 1.22 bits per heavy atom. The van der Waals surface area contributed by atoms with Crippen molar-refractivity contribution in [3.8, 4) is 0 Å². The summed E-state index contributed by atoms with van der Waals surface area (Å²) in [6.07, 6.45) is 6.16. The molecule has 0 saturated heterocycles. The van der Waals surface area contributed by atoms with E-state index in [2.05, 4.69) is 17.4 Å². The van der Waals surface area contributed by atoms with Gasteiger partial charge in [0.2, 0.25) is 5.91 Å². The molecule has 5 nitrogen and oxygen atoms in total. The minimum Gasteiger partial charge on any atom is -0.353 e. The van der Waals surface area contributed by atoms with Crippen LogP contribution >= 0.6 is 23.1 Å². The number of thioether (sulfide) groups is 1. The molecule has 0 unspecified atom stereocenters. The summed E-state index contributed by atoms with van der Waals surface area (Å²) in [6.45, 7) is 6.45. The third-order valence-corrected chi connectivity index (χ3v) is 8.38. The molecule has 4 rings (SSSR count). The van der Waals surface area contributed by atoms with Crippen molar-refractivity contribution in [2.24, 2.45) is 0 Å². The van der Waals surface area contributed by atoms with Gasteiger partial charge in [0, 0.05) is 17.5 Å². The summed E-state index contributed by atoms with van der Waals surface area (Å²) < 4.78 is 1.73. The molecule has 2 atom stereocenters. The van der Waals surface area contributed by atoms with Crippen molar-refractivity contribution in [1.82, 2.24) is 14.9 Å². The summed E-state index contributed by atoms with van der Waals surface area (Å²) in [5, 5.41) is 4.25. The molecular formula is C25H31N3O2S2. The van der Waals surface area contributed by atoms with Crippen LogP contribution in [-0.4, -0.2) is 26.8 Å². The summed E-state index contributed by atoms with van der Waals surface area (Å²) in [5.74, 6) is -0.0157. The number of carbonyl (C=O) groups excluding carboxylic acids is 1. The van der Waals surface area contributed by atoms with Crippen LogP contribution in [0.5, 0.6) is 0 Å². The largest absolute Gasteiger partial charge is 0.353 e. The van der Waals surface area contributed by atoms with Gasteiger partial charge in [-0.05, 0) is 70.4 Å². The van der Waals surface area contributed by atoms with Gasteiger partial charge < -0.3 is 5.32 Å². The normalized spacial score (nSPS) is 15.3. The molecule has 1 amide bonds. The lowest BCUT2D eigenvalue weighted by Gasteiger charge is -2.18. The van der Waals surface area contributed by atoms with Crippen LogP contribution in [0.2, 0.25) is 0 Å². The van der Waals surface area contributed by atoms with Crippen LogP contribution in [0.3, 0.4) is 0 Å². The predicted molar refractivity (Wildman–Crippen MR) is 134 cm³/mol. The fourth-order valence-electron chi connectivity index (χ4n) is 4.26. The highest BCUT2D eigenvalue weighted by molar-refractivity contribution is 8.00. The van der Waals surface area contributed by atoms with Gasteiger partial charge in [-0.1, -0.05) is 42.1 Å². The standard InChI is InChI=1S/C25H31N3O2S2/c1-4-28-24(30)21-19-12-8-9-13-20(19)32-23(21)27-25(28)31-17(3)22(29)26-16(2)14-15-18-10-6-5-7-11-18/h5-7,10-11,16-17H,4,8-9,12-15H2,1-3H3,(H,26,29)/t16-,17-/m0/s1. The van der Waals surface area contributed by atoms with E-state index in [1.807, 2.05) is 39.0 Å². The number of hydrogen-bond donors (Lipinski definition) is 1. The second kappa shape index (κ2) is 10.2. The molecule has 7 heteroatoms. The van der Waals surface area contributed by atoms with Gasteiger partial charge in [-0.3, -0.25) is 14.2 Å².